The Morgan fingerprint density at radius 3 is 2.87 bits per heavy atom. The van der Waals surface area contributed by atoms with Gasteiger partial charge in [-0.1, -0.05) is 6.58 Å². The van der Waals surface area contributed by atoms with Crippen LogP contribution in [0.4, 0.5) is 0 Å². The average molecular weight is 211 g/mol. The predicted molar refractivity (Wildman–Crippen MR) is 56.2 cm³/mol. The van der Waals surface area contributed by atoms with Crippen molar-refractivity contribution in [2.45, 2.75) is 32.2 Å². The van der Waals surface area contributed by atoms with Crippen LogP contribution < -0.4 is 0 Å². The Balaban J connectivity index is 2.69. The second-order valence-electron chi connectivity index (χ2n) is 3.50. The van der Waals surface area contributed by atoms with Gasteiger partial charge in [-0.2, -0.15) is 0 Å². The fourth-order valence-electron chi connectivity index (χ4n) is 1.80. The summed E-state index contributed by atoms with van der Waals surface area (Å²) in [5, 5.41) is 0. The second-order valence-corrected chi connectivity index (χ2v) is 3.50. The molecule has 4 nitrogen and oxygen atoms in total. The third kappa shape index (κ3) is 2.81. The first-order valence-electron chi connectivity index (χ1n) is 5.30. The summed E-state index contributed by atoms with van der Waals surface area (Å²) in [6, 6.07) is -0.413. The summed E-state index contributed by atoms with van der Waals surface area (Å²) in [6.07, 6.45) is 3.84. The van der Waals surface area contributed by atoms with E-state index in [-0.39, 0.29) is 11.9 Å². The van der Waals surface area contributed by atoms with Crippen molar-refractivity contribution in [2.75, 3.05) is 13.2 Å². The lowest BCUT2D eigenvalue weighted by Gasteiger charge is -2.33. The van der Waals surface area contributed by atoms with E-state index in [9.17, 15) is 9.59 Å². The summed E-state index contributed by atoms with van der Waals surface area (Å²) in [5.74, 6) is -0.486. The van der Waals surface area contributed by atoms with Crippen LogP contribution >= 0.6 is 0 Å². The van der Waals surface area contributed by atoms with E-state index in [1.165, 1.54) is 6.08 Å². The number of hydrogen-bond donors (Lipinski definition) is 0. The highest BCUT2D eigenvalue weighted by atomic mass is 16.5. The molecule has 1 aliphatic heterocycles. The van der Waals surface area contributed by atoms with E-state index in [2.05, 4.69) is 6.58 Å². The van der Waals surface area contributed by atoms with Gasteiger partial charge in [-0.05, 0) is 32.3 Å². The van der Waals surface area contributed by atoms with E-state index in [4.69, 9.17) is 4.74 Å². The number of amides is 1. The number of hydrogen-bond acceptors (Lipinski definition) is 3. The van der Waals surface area contributed by atoms with Gasteiger partial charge in [0, 0.05) is 6.54 Å². The highest BCUT2D eigenvalue weighted by molar-refractivity contribution is 5.91. The maximum Gasteiger partial charge on any atom is 0.328 e. The first-order valence-corrected chi connectivity index (χ1v) is 5.30. The average Bonchev–Trinajstić information content (AvgIpc) is 2.28. The van der Waals surface area contributed by atoms with E-state index >= 15 is 0 Å². The van der Waals surface area contributed by atoms with Crippen molar-refractivity contribution in [3.63, 3.8) is 0 Å². The second kappa shape index (κ2) is 5.53. The van der Waals surface area contributed by atoms with Gasteiger partial charge in [0.05, 0.1) is 6.61 Å². The summed E-state index contributed by atoms with van der Waals surface area (Å²) >= 11 is 0. The molecule has 0 saturated carbocycles. The maximum absolute atomic E-state index is 11.6. The van der Waals surface area contributed by atoms with Gasteiger partial charge >= 0.3 is 5.97 Å². The van der Waals surface area contributed by atoms with Crippen molar-refractivity contribution in [1.82, 2.24) is 4.90 Å². The van der Waals surface area contributed by atoms with Crippen LogP contribution in [0.2, 0.25) is 0 Å². The summed E-state index contributed by atoms with van der Waals surface area (Å²) in [4.78, 5) is 24.6. The molecule has 1 saturated heterocycles. The van der Waals surface area contributed by atoms with Crippen molar-refractivity contribution < 1.29 is 14.3 Å². The smallest absolute Gasteiger partial charge is 0.328 e. The zero-order valence-electron chi connectivity index (χ0n) is 9.07. The van der Waals surface area contributed by atoms with Gasteiger partial charge in [0.2, 0.25) is 5.91 Å². The fourth-order valence-corrected chi connectivity index (χ4v) is 1.80. The number of carbonyl (C=O) groups is 2. The number of rotatable bonds is 3. The summed E-state index contributed by atoms with van der Waals surface area (Å²) in [5.41, 5.74) is 0. The molecule has 1 amide bonds. The largest absolute Gasteiger partial charge is 0.464 e. The van der Waals surface area contributed by atoms with Crippen LogP contribution in [-0.4, -0.2) is 36.0 Å². The minimum Gasteiger partial charge on any atom is -0.464 e. The van der Waals surface area contributed by atoms with Gasteiger partial charge in [-0.25, -0.2) is 4.79 Å². The van der Waals surface area contributed by atoms with Crippen molar-refractivity contribution in [3.05, 3.63) is 12.7 Å². The van der Waals surface area contributed by atoms with Crippen LogP contribution in [0.3, 0.4) is 0 Å². The van der Waals surface area contributed by atoms with Crippen molar-refractivity contribution in [1.29, 1.82) is 0 Å². The molecule has 0 N–H and O–H groups in total. The van der Waals surface area contributed by atoms with E-state index in [0.29, 0.717) is 19.6 Å². The number of ether oxygens (including phenoxy) is 1. The molecule has 1 atom stereocenters. The Morgan fingerprint density at radius 2 is 2.27 bits per heavy atom. The monoisotopic (exact) mass is 211 g/mol. The molecule has 15 heavy (non-hydrogen) atoms. The Morgan fingerprint density at radius 1 is 1.53 bits per heavy atom. The molecule has 1 unspecified atom stereocenters. The van der Waals surface area contributed by atoms with Gasteiger partial charge in [0.1, 0.15) is 6.04 Å². The molecule has 0 bridgehead atoms. The molecule has 1 aliphatic rings. The van der Waals surface area contributed by atoms with E-state index in [0.717, 1.165) is 12.8 Å². The van der Waals surface area contributed by atoms with Gasteiger partial charge in [0.15, 0.2) is 0 Å². The molecule has 0 aromatic rings. The molecule has 0 aromatic heterocycles. The lowest BCUT2D eigenvalue weighted by atomic mass is 10.0. The van der Waals surface area contributed by atoms with Crippen molar-refractivity contribution >= 4 is 11.9 Å². The first kappa shape index (κ1) is 11.8. The van der Waals surface area contributed by atoms with E-state index in [1.807, 2.05) is 0 Å². The quantitative estimate of drug-likeness (QED) is 0.519. The molecule has 1 heterocycles. The maximum atomic E-state index is 11.6. The lowest BCUT2D eigenvalue weighted by Crippen LogP contribution is -2.48. The Kier molecular flexibility index (Phi) is 4.34. The number of carbonyl (C=O) groups excluding carboxylic acids is 2. The minimum atomic E-state index is -0.413. The number of piperidine rings is 1. The zero-order valence-corrected chi connectivity index (χ0v) is 9.07. The fraction of sp³-hybridized carbons (Fsp3) is 0.636. The molecule has 4 heteroatoms. The number of nitrogens with zero attached hydrogens (tertiary/aromatic N) is 1. The predicted octanol–water partition coefficient (Wildman–Crippen LogP) is 1.12. The molecule has 1 rings (SSSR count). The molecule has 0 radical (unpaired) electrons. The van der Waals surface area contributed by atoms with Crippen LogP contribution in [0.15, 0.2) is 12.7 Å². The molecule has 0 aromatic carbocycles. The molecule has 0 aliphatic carbocycles. The van der Waals surface area contributed by atoms with Crippen LogP contribution in [-0.2, 0) is 14.3 Å². The Labute approximate surface area is 89.9 Å². The molecule has 1 fully saturated rings. The molecular formula is C11H17NO3. The highest BCUT2D eigenvalue weighted by Gasteiger charge is 2.31. The zero-order chi connectivity index (χ0) is 11.3. The number of likely N-dealkylation sites (tertiary alicyclic amines) is 1. The van der Waals surface area contributed by atoms with Crippen LogP contribution in [0.5, 0.6) is 0 Å². The molecule has 0 spiro atoms. The topological polar surface area (TPSA) is 46.6 Å². The van der Waals surface area contributed by atoms with Gasteiger partial charge in [0.25, 0.3) is 0 Å². The normalized spacial score (nSPS) is 20.9. The Bertz CT molecular complexity index is 263. The Hall–Kier alpha value is -1.32. The third-order valence-electron chi connectivity index (χ3n) is 2.52. The van der Waals surface area contributed by atoms with Crippen molar-refractivity contribution in [3.8, 4) is 0 Å². The van der Waals surface area contributed by atoms with Crippen LogP contribution in [0.25, 0.3) is 0 Å². The van der Waals surface area contributed by atoms with Crippen LogP contribution in [0.1, 0.15) is 26.2 Å². The highest BCUT2D eigenvalue weighted by Crippen LogP contribution is 2.18. The first-order chi connectivity index (χ1) is 7.20. The van der Waals surface area contributed by atoms with Crippen molar-refractivity contribution in [2.24, 2.45) is 0 Å². The summed E-state index contributed by atoms with van der Waals surface area (Å²) in [7, 11) is 0. The number of esters is 1. The third-order valence-corrected chi connectivity index (χ3v) is 2.52. The standard InChI is InChI=1S/C11H17NO3/c1-3-10(13)12-8-6-5-7-9(12)11(14)15-4-2/h3,9H,1,4-8H2,2H3. The van der Waals surface area contributed by atoms with E-state index < -0.39 is 6.04 Å². The van der Waals surface area contributed by atoms with E-state index in [1.54, 1.807) is 11.8 Å². The molecular weight excluding hydrogens is 194 g/mol. The minimum absolute atomic E-state index is 0.187. The molecule has 84 valence electrons. The summed E-state index contributed by atoms with van der Waals surface area (Å²) in [6.45, 7) is 6.17. The lowest BCUT2D eigenvalue weighted by molar-refractivity contribution is -0.155. The van der Waals surface area contributed by atoms with Gasteiger partial charge in [-0.15, -0.1) is 0 Å². The van der Waals surface area contributed by atoms with Crippen LogP contribution in [0, 0.1) is 0 Å². The van der Waals surface area contributed by atoms with Gasteiger partial charge < -0.3 is 9.64 Å². The summed E-state index contributed by atoms with van der Waals surface area (Å²) < 4.78 is 4.94. The SMILES string of the molecule is C=CC(=O)N1CCCCC1C(=O)OCC. The van der Waals surface area contributed by atoms with Gasteiger partial charge in [-0.3, -0.25) is 4.79 Å².